The molecule has 5 heteroatoms. The van der Waals surface area contributed by atoms with Gasteiger partial charge in [0.25, 0.3) is 0 Å². The molecule has 1 aliphatic rings. The molecule has 2 heterocycles. The van der Waals surface area contributed by atoms with Crippen LogP contribution in [0.25, 0.3) is 0 Å². The predicted molar refractivity (Wildman–Crippen MR) is 68.3 cm³/mol. The van der Waals surface area contributed by atoms with Gasteiger partial charge in [0.05, 0.1) is 6.61 Å². The molecule has 0 amide bonds. The largest absolute Gasteiger partial charge is 0.476 e. The topological polar surface area (TPSA) is 64.3 Å². The molecule has 0 spiro atoms. The van der Waals surface area contributed by atoms with E-state index in [9.17, 15) is 0 Å². The summed E-state index contributed by atoms with van der Waals surface area (Å²) < 4.78 is 5.52. The van der Waals surface area contributed by atoms with E-state index in [1.54, 1.807) is 0 Å². The van der Waals surface area contributed by atoms with Gasteiger partial charge in [-0.1, -0.05) is 6.92 Å². The normalized spacial score (nSPS) is 19.6. The van der Waals surface area contributed by atoms with Crippen LogP contribution >= 0.6 is 0 Å². The summed E-state index contributed by atoms with van der Waals surface area (Å²) in [5.41, 5.74) is 6.64. The fourth-order valence-corrected chi connectivity index (χ4v) is 2.16. The SMILES string of the molecule is CCCOc1ncnc(N2CCCC2C)c1N. The predicted octanol–water partition coefficient (Wildman–Crippen LogP) is 1.84. The quantitative estimate of drug-likeness (QED) is 0.864. The Kier molecular flexibility index (Phi) is 3.66. The van der Waals surface area contributed by atoms with Crippen molar-refractivity contribution in [1.82, 2.24) is 9.97 Å². The lowest BCUT2D eigenvalue weighted by Crippen LogP contribution is -2.28. The number of ether oxygens (including phenoxy) is 1. The third-order valence-corrected chi connectivity index (χ3v) is 3.09. The van der Waals surface area contributed by atoms with Gasteiger partial charge in [0.2, 0.25) is 5.88 Å². The number of anilines is 2. The van der Waals surface area contributed by atoms with Gasteiger partial charge in [-0.25, -0.2) is 4.98 Å². The van der Waals surface area contributed by atoms with Crippen LogP contribution in [-0.2, 0) is 0 Å². The minimum Gasteiger partial charge on any atom is -0.476 e. The zero-order chi connectivity index (χ0) is 12.3. The van der Waals surface area contributed by atoms with Gasteiger partial charge in [0.15, 0.2) is 5.82 Å². The lowest BCUT2D eigenvalue weighted by atomic mass is 10.2. The maximum atomic E-state index is 6.07. The fourth-order valence-electron chi connectivity index (χ4n) is 2.16. The number of hydrogen-bond donors (Lipinski definition) is 1. The van der Waals surface area contributed by atoms with Crippen LogP contribution in [0.3, 0.4) is 0 Å². The van der Waals surface area contributed by atoms with Crippen LogP contribution in [-0.4, -0.2) is 29.2 Å². The Morgan fingerprint density at radius 3 is 3.00 bits per heavy atom. The molecule has 2 rings (SSSR count). The second-order valence-corrected chi connectivity index (χ2v) is 4.45. The molecule has 0 aromatic carbocycles. The van der Waals surface area contributed by atoms with Crippen LogP contribution in [0.2, 0.25) is 0 Å². The molecule has 0 bridgehead atoms. The summed E-state index contributed by atoms with van der Waals surface area (Å²) in [4.78, 5) is 10.6. The van der Waals surface area contributed by atoms with Crippen LogP contribution in [0.1, 0.15) is 33.1 Å². The Labute approximate surface area is 102 Å². The molecule has 0 saturated carbocycles. The Hall–Kier alpha value is -1.52. The molecular weight excluding hydrogens is 216 g/mol. The van der Waals surface area contributed by atoms with Gasteiger partial charge >= 0.3 is 0 Å². The summed E-state index contributed by atoms with van der Waals surface area (Å²) >= 11 is 0. The number of nitrogens with zero attached hydrogens (tertiary/aromatic N) is 3. The first-order chi connectivity index (χ1) is 8.24. The number of nitrogens with two attached hydrogens (primary N) is 1. The maximum absolute atomic E-state index is 6.07. The highest BCUT2D eigenvalue weighted by molar-refractivity contribution is 5.68. The zero-order valence-corrected chi connectivity index (χ0v) is 10.5. The van der Waals surface area contributed by atoms with Gasteiger partial charge in [-0.05, 0) is 26.2 Å². The molecule has 2 N–H and O–H groups in total. The Bertz CT molecular complexity index is 383. The highest BCUT2D eigenvalue weighted by Gasteiger charge is 2.24. The zero-order valence-electron chi connectivity index (χ0n) is 10.5. The van der Waals surface area contributed by atoms with Crippen LogP contribution < -0.4 is 15.4 Å². The van der Waals surface area contributed by atoms with E-state index in [1.165, 1.54) is 19.2 Å². The minimum atomic E-state index is 0.492. The highest BCUT2D eigenvalue weighted by Crippen LogP contribution is 2.32. The molecule has 94 valence electrons. The van der Waals surface area contributed by atoms with E-state index in [-0.39, 0.29) is 0 Å². The molecule has 1 fully saturated rings. The van der Waals surface area contributed by atoms with E-state index in [0.29, 0.717) is 24.2 Å². The van der Waals surface area contributed by atoms with Gasteiger partial charge in [-0.3, -0.25) is 0 Å². The molecule has 0 radical (unpaired) electrons. The number of nitrogen functional groups attached to an aromatic ring is 1. The monoisotopic (exact) mass is 236 g/mol. The van der Waals surface area contributed by atoms with Crippen molar-refractivity contribution in [3.63, 3.8) is 0 Å². The van der Waals surface area contributed by atoms with Crippen molar-refractivity contribution in [2.75, 3.05) is 23.8 Å². The van der Waals surface area contributed by atoms with E-state index in [1.807, 2.05) is 0 Å². The Morgan fingerprint density at radius 1 is 1.53 bits per heavy atom. The average molecular weight is 236 g/mol. The number of hydrogen-bond acceptors (Lipinski definition) is 5. The first kappa shape index (κ1) is 12.0. The van der Waals surface area contributed by atoms with Crippen LogP contribution in [0.4, 0.5) is 11.5 Å². The molecule has 1 unspecified atom stereocenters. The lowest BCUT2D eigenvalue weighted by molar-refractivity contribution is 0.306. The second-order valence-electron chi connectivity index (χ2n) is 4.45. The van der Waals surface area contributed by atoms with Crippen molar-refractivity contribution in [1.29, 1.82) is 0 Å². The minimum absolute atomic E-state index is 0.492. The summed E-state index contributed by atoms with van der Waals surface area (Å²) in [6.07, 6.45) is 4.85. The Balaban J connectivity index is 2.22. The first-order valence-electron chi connectivity index (χ1n) is 6.24. The fraction of sp³-hybridized carbons (Fsp3) is 0.667. The van der Waals surface area contributed by atoms with Crippen molar-refractivity contribution in [2.45, 2.75) is 39.2 Å². The van der Waals surface area contributed by atoms with Gasteiger partial charge in [0.1, 0.15) is 12.0 Å². The van der Waals surface area contributed by atoms with Crippen LogP contribution in [0.15, 0.2) is 6.33 Å². The summed E-state index contributed by atoms with van der Waals surface area (Å²) in [5.74, 6) is 1.33. The summed E-state index contributed by atoms with van der Waals surface area (Å²) in [6.45, 7) is 5.90. The molecule has 1 aliphatic heterocycles. The van der Waals surface area contributed by atoms with E-state index in [2.05, 4.69) is 28.7 Å². The van der Waals surface area contributed by atoms with Gasteiger partial charge in [-0.15, -0.1) is 0 Å². The van der Waals surface area contributed by atoms with Gasteiger partial charge in [-0.2, -0.15) is 4.98 Å². The molecule has 1 saturated heterocycles. The first-order valence-corrected chi connectivity index (χ1v) is 6.24. The summed E-state index contributed by atoms with van der Waals surface area (Å²) in [7, 11) is 0. The molecule has 17 heavy (non-hydrogen) atoms. The van der Waals surface area contributed by atoms with Crippen molar-refractivity contribution in [2.24, 2.45) is 0 Å². The molecular formula is C12H20N4O. The van der Waals surface area contributed by atoms with Crippen molar-refractivity contribution >= 4 is 11.5 Å². The number of rotatable bonds is 4. The summed E-state index contributed by atoms with van der Waals surface area (Å²) in [5, 5.41) is 0. The van der Waals surface area contributed by atoms with E-state index in [4.69, 9.17) is 10.5 Å². The maximum Gasteiger partial charge on any atom is 0.242 e. The molecule has 1 aromatic rings. The molecule has 5 nitrogen and oxygen atoms in total. The molecule has 1 aromatic heterocycles. The van der Waals surface area contributed by atoms with E-state index >= 15 is 0 Å². The highest BCUT2D eigenvalue weighted by atomic mass is 16.5. The van der Waals surface area contributed by atoms with Crippen molar-refractivity contribution < 1.29 is 4.74 Å². The van der Waals surface area contributed by atoms with Crippen LogP contribution in [0.5, 0.6) is 5.88 Å². The van der Waals surface area contributed by atoms with Gasteiger partial charge in [0, 0.05) is 12.6 Å². The summed E-state index contributed by atoms with van der Waals surface area (Å²) in [6, 6.07) is 0.492. The van der Waals surface area contributed by atoms with E-state index in [0.717, 1.165) is 18.8 Å². The average Bonchev–Trinajstić information content (AvgIpc) is 2.74. The molecule has 0 aliphatic carbocycles. The van der Waals surface area contributed by atoms with Crippen molar-refractivity contribution in [3.8, 4) is 5.88 Å². The third kappa shape index (κ3) is 2.43. The standard InChI is InChI=1S/C12H20N4O/c1-3-7-17-12-10(13)11(14-8-15-12)16-6-4-5-9(16)2/h8-9H,3-7,13H2,1-2H3. The molecule has 1 atom stereocenters. The number of aromatic nitrogens is 2. The lowest BCUT2D eigenvalue weighted by Gasteiger charge is -2.24. The Morgan fingerprint density at radius 2 is 2.35 bits per heavy atom. The second kappa shape index (κ2) is 5.21. The van der Waals surface area contributed by atoms with Crippen molar-refractivity contribution in [3.05, 3.63) is 6.33 Å². The smallest absolute Gasteiger partial charge is 0.242 e. The van der Waals surface area contributed by atoms with E-state index < -0.39 is 0 Å². The third-order valence-electron chi connectivity index (χ3n) is 3.09. The van der Waals surface area contributed by atoms with Crippen LogP contribution in [0, 0.1) is 0 Å². The van der Waals surface area contributed by atoms with Gasteiger partial charge < -0.3 is 15.4 Å².